The van der Waals surface area contributed by atoms with Gasteiger partial charge in [-0.05, 0) is 42.8 Å². The van der Waals surface area contributed by atoms with Gasteiger partial charge in [0.2, 0.25) is 0 Å². The van der Waals surface area contributed by atoms with E-state index >= 15 is 0 Å². The van der Waals surface area contributed by atoms with Crippen molar-refractivity contribution in [1.29, 1.82) is 0 Å². The molecule has 0 N–H and O–H groups in total. The van der Waals surface area contributed by atoms with Gasteiger partial charge in [-0.1, -0.05) is 31.5 Å². The van der Waals surface area contributed by atoms with E-state index in [1.165, 1.54) is 0 Å². The average Bonchev–Trinajstić information content (AvgIpc) is 2.60. The molecule has 0 atom stereocenters. The zero-order chi connectivity index (χ0) is 18.3. The van der Waals surface area contributed by atoms with E-state index in [2.05, 4.69) is 6.92 Å². The lowest BCUT2D eigenvalue weighted by atomic mass is 10.3. The Labute approximate surface area is 152 Å². The van der Waals surface area contributed by atoms with E-state index in [4.69, 9.17) is 7.80 Å². The summed E-state index contributed by atoms with van der Waals surface area (Å²) >= 11 is -3.00. The third-order valence-electron chi connectivity index (χ3n) is 3.09. The van der Waals surface area contributed by atoms with Gasteiger partial charge in [0.25, 0.3) is 0 Å². The Morgan fingerprint density at radius 1 is 1.00 bits per heavy atom. The van der Waals surface area contributed by atoms with Crippen molar-refractivity contribution in [3.63, 3.8) is 0 Å². The van der Waals surface area contributed by atoms with Gasteiger partial charge in [0.1, 0.15) is 5.75 Å². The topological polar surface area (TPSA) is 35.5 Å². The quantitative estimate of drug-likeness (QED) is 0.459. The lowest BCUT2D eigenvalue weighted by Gasteiger charge is -2.08. The minimum Gasteiger partial charge on any atom is -0.494 e. The molecule has 0 fully saturated rings. The molecule has 25 heavy (non-hydrogen) atoms. The molecule has 2 aromatic rings. The van der Waals surface area contributed by atoms with Gasteiger partial charge in [-0.3, -0.25) is 0 Å². The van der Waals surface area contributed by atoms with Gasteiger partial charge in [-0.25, -0.2) is 7.86 Å². The molecule has 0 aromatic heterocycles. The van der Waals surface area contributed by atoms with Crippen LogP contribution in [0, 0.1) is 7.14 Å². The van der Waals surface area contributed by atoms with Crippen molar-refractivity contribution in [2.75, 3.05) is 6.61 Å². The Bertz CT molecular complexity index is 672. The molecule has 3 nitrogen and oxygen atoms in total. The Kier molecular flexibility index (Phi) is 7.10. The number of hydrogen-bond donors (Lipinski definition) is 0. The summed E-state index contributed by atoms with van der Waals surface area (Å²) in [6.07, 6.45) is -3.07. The first-order valence-electron chi connectivity index (χ1n) is 7.69. The maximum absolute atomic E-state index is 12.6. The van der Waals surface area contributed by atoms with Gasteiger partial charge in [0.15, 0.2) is 7.14 Å². The second-order valence-electron chi connectivity index (χ2n) is 5.06. The monoisotopic (exact) mass is 466 g/mol. The molecule has 0 aliphatic rings. The molecule has 2 aromatic carbocycles. The Morgan fingerprint density at radius 3 is 2.16 bits per heavy atom. The standard InChI is InChI=1S/C18H18F3IO3/c1-2-3-13-24-16-11-9-15(10-12-16)22(14-7-5-4-6-8-14)25-17(23)18(19,20)21/h4-12H,2-3,13H2,1H3/q+1. The third kappa shape index (κ3) is 5.91. The van der Waals surface area contributed by atoms with Gasteiger partial charge >= 0.3 is 32.4 Å². The fraction of sp³-hybridized carbons (Fsp3) is 0.278. The minimum absolute atomic E-state index is 0.583. The van der Waals surface area contributed by atoms with E-state index in [0.717, 1.165) is 12.8 Å². The summed E-state index contributed by atoms with van der Waals surface area (Å²) in [5, 5.41) is 0. The number of rotatable bonds is 7. The predicted molar refractivity (Wildman–Crippen MR) is 82.8 cm³/mol. The molecule has 0 bridgehead atoms. The van der Waals surface area contributed by atoms with Crippen LogP contribution in [0.25, 0.3) is 0 Å². The first kappa shape index (κ1) is 19.6. The first-order valence-corrected chi connectivity index (χ1v) is 10.7. The van der Waals surface area contributed by atoms with Gasteiger partial charge in [0.05, 0.1) is 6.61 Å². The number of carbonyl (C=O) groups is 1. The molecule has 0 unspecified atom stereocenters. The molecule has 2 rings (SSSR count). The number of halogens is 4. The zero-order valence-electron chi connectivity index (χ0n) is 13.6. The summed E-state index contributed by atoms with van der Waals surface area (Å²) in [4.78, 5) is 11.3. The van der Waals surface area contributed by atoms with Crippen LogP contribution < -0.4 is 25.0 Å². The van der Waals surface area contributed by atoms with E-state index in [0.29, 0.717) is 19.5 Å². The zero-order valence-corrected chi connectivity index (χ0v) is 15.7. The van der Waals surface area contributed by atoms with E-state index < -0.39 is 32.4 Å². The third-order valence-corrected chi connectivity index (χ3v) is 7.63. The van der Waals surface area contributed by atoms with Crippen molar-refractivity contribution < 1.29 is 46.0 Å². The number of unbranched alkanes of at least 4 members (excludes halogenated alkanes) is 1. The normalized spacial score (nSPS) is 11.4. The number of benzene rings is 2. The Morgan fingerprint density at radius 2 is 1.60 bits per heavy atom. The van der Waals surface area contributed by atoms with Crippen molar-refractivity contribution in [3.8, 4) is 5.75 Å². The molecular formula is C18H18F3IO3+. The molecule has 7 heteroatoms. The molecule has 0 heterocycles. The number of ether oxygens (including phenoxy) is 1. The number of alkyl halides is 3. The van der Waals surface area contributed by atoms with E-state index in [1.54, 1.807) is 54.6 Å². The highest BCUT2D eigenvalue weighted by molar-refractivity contribution is 5.74. The molecule has 0 saturated carbocycles. The highest BCUT2D eigenvalue weighted by Crippen LogP contribution is 2.15. The van der Waals surface area contributed by atoms with Crippen molar-refractivity contribution in [3.05, 3.63) is 61.7 Å². The van der Waals surface area contributed by atoms with Crippen LogP contribution in [-0.4, -0.2) is 18.8 Å². The van der Waals surface area contributed by atoms with Gasteiger partial charge in [0, 0.05) is 0 Å². The van der Waals surface area contributed by atoms with Crippen LogP contribution in [0.1, 0.15) is 19.8 Å². The van der Waals surface area contributed by atoms with Crippen molar-refractivity contribution in [2.45, 2.75) is 25.9 Å². The number of carbonyl (C=O) groups excluding carboxylic acids is 1. The SMILES string of the molecule is CCCCOc1ccc([I+](OC(=O)C(F)(F)F)c2ccccc2)cc1. The summed E-state index contributed by atoms with van der Waals surface area (Å²) in [5.41, 5.74) is 0. The molecule has 0 aliphatic carbocycles. The van der Waals surface area contributed by atoms with Crippen LogP contribution in [-0.2, 0) is 7.86 Å². The Balaban J connectivity index is 2.22. The van der Waals surface area contributed by atoms with Crippen molar-refractivity contribution >= 4 is 5.97 Å². The van der Waals surface area contributed by atoms with Crippen molar-refractivity contribution in [1.82, 2.24) is 0 Å². The molecular weight excluding hydrogens is 448 g/mol. The van der Waals surface area contributed by atoms with Gasteiger partial charge < -0.3 is 4.74 Å². The molecule has 135 valence electrons. The maximum Gasteiger partial charge on any atom is 0.496 e. The van der Waals surface area contributed by atoms with Gasteiger partial charge in [-0.2, -0.15) is 13.2 Å². The van der Waals surface area contributed by atoms with Crippen LogP contribution in [0.5, 0.6) is 5.75 Å². The van der Waals surface area contributed by atoms with E-state index in [9.17, 15) is 18.0 Å². The molecule has 0 aliphatic heterocycles. The predicted octanol–water partition coefficient (Wildman–Crippen LogP) is 1.55. The van der Waals surface area contributed by atoms with Crippen LogP contribution >= 0.6 is 0 Å². The lowest BCUT2D eigenvalue weighted by molar-refractivity contribution is -1.04. The highest BCUT2D eigenvalue weighted by atomic mass is 127. The summed E-state index contributed by atoms with van der Waals surface area (Å²) in [6.45, 7) is 2.64. The van der Waals surface area contributed by atoms with Gasteiger partial charge in [-0.15, -0.1) is 0 Å². The van der Waals surface area contributed by atoms with Crippen LogP contribution in [0.4, 0.5) is 13.2 Å². The Hall–Kier alpha value is -1.77. The van der Waals surface area contributed by atoms with Crippen LogP contribution in [0.15, 0.2) is 54.6 Å². The summed E-state index contributed by atoms with van der Waals surface area (Å²) in [7, 11) is 0. The minimum atomic E-state index is -5.01. The summed E-state index contributed by atoms with van der Waals surface area (Å²) < 4.78 is 49.5. The molecule has 0 saturated heterocycles. The fourth-order valence-corrected chi connectivity index (χ4v) is 5.80. The summed E-state index contributed by atoms with van der Waals surface area (Å²) in [5.74, 6) is -1.51. The first-order chi connectivity index (χ1) is 11.9. The molecule has 0 amide bonds. The highest BCUT2D eigenvalue weighted by Gasteiger charge is 2.48. The maximum atomic E-state index is 12.6. The second-order valence-corrected chi connectivity index (χ2v) is 9.41. The van der Waals surface area contributed by atoms with Crippen LogP contribution in [0.2, 0.25) is 0 Å². The largest absolute Gasteiger partial charge is 0.496 e. The molecule has 0 spiro atoms. The number of hydrogen-bond acceptors (Lipinski definition) is 3. The smallest absolute Gasteiger partial charge is 0.494 e. The van der Waals surface area contributed by atoms with Crippen LogP contribution in [0.3, 0.4) is 0 Å². The molecule has 1 radical (unpaired) electrons. The van der Waals surface area contributed by atoms with E-state index in [1.807, 2.05) is 0 Å². The lowest BCUT2D eigenvalue weighted by Crippen LogP contribution is -3.85. The van der Waals surface area contributed by atoms with E-state index in [-0.39, 0.29) is 0 Å². The summed E-state index contributed by atoms with van der Waals surface area (Å²) in [6, 6.07) is 15.3. The van der Waals surface area contributed by atoms with Crippen molar-refractivity contribution in [2.24, 2.45) is 0 Å². The fourth-order valence-electron chi connectivity index (χ4n) is 1.84. The second kappa shape index (κ2) is 9.07. The average molecular weight is 466 g/mol.